The average molecular weight is 549 g/mol. The van der Waals surface area contributed by atoms with E-state index in [0.29, 0.717) is 42.2 Å². The van der Waals surface area contributed by atoms with Crippen LogP contribution in [0.5, 0.6) is 11.5 Å². The topological polar surface area (TPSA) is 96.4 Å². The Bertz CT molecular complexity index is 1430. The van der Waals surface area contributed by atoms with Crippen LogP contribution in [0.4, 0.5) is 0 Å². The number of hydrogen-bond acceptors (Lipinski definition) is 9. The van der Waals surface area contributed by atoms with E-state index in [1.165, 1.54) is 19.3 Å². The predicted molar refractivity (Wildman–Crippen MR) is 152 cm³/mol. The fourth-order valence-electron chi connectivity index (χ4n) is 4.95. The van der Waals surface area contributed by atoms with Crippen molar-refractivity contribution in [3.63, 3.8) is 0 Å². The molecule has 1 aliphatic heterocycles. The maximum Gasteiger partial charge on any atom is 0.344 e. The van der Waals surface area contributed by atoms with Crippen molar-refractivity contribution >= 4 is 23.3 Å². The molecule has 0 amide bonds. The molecule has 4 aromatic rings. The second-order valence-corrected chi connectivity index (χ2v) is 10.1. The summed E-state index contributed by atoms with van der Waals surface area (Å²) in [5.41, 5.74) is 4.41. The van der Waals surface area contributed by atoms with Gasteiger partial charge in [0.2, 0.25) is 0 Å². The molecule has 1 aliphatic rings. The molecule has 0 radical (unpaired) electrons. The van der Waals surface area contributed by atoms with Gasteiger partial charge < -0.3 is 13.3 Å². The quantitative estimate of drug-likeness (QED) is 0.0797. The zero-order valence-corrected chi connectivity index (χ0v) is 22.7. The first-order chi connectivity index (χ1) is 19.1. The van der Waals surface area contributed by atoms with Crippen LogP contribution in [-0.2, 0) is 15.7 Å². The number of aryl methyl sites for hydroxylation is 1. The largest absolute Gasteiger partial charge is 0.492 e. The average Bonchev–Trinajstić information content (AvgIpc) is 2.95. The smallest absolute Gasteiger partial charge is 0.344 e. The number of nitrogens with zero attached hydrogens (tertiary/aromatic N) is 1. The third kappa shape index (κ3) is 7.00. The van der Waals surface area contributed by atoms with E-state index in [4.69, 9.17) is 19.2 Å². The fourth-order valence-corrected chi connectivity index (χ4v) is 5.19. The van der Waals surface area contributed by atoms with Gasteiger partial charge in [-0.2, -0.15) is 5.90 Å². The van der Waals surface area contributed by atoms with E-state index in [1.807, 2.05) is 61.5 Å². The molecule has 8 nitrogen and oxygen atoms in total. The fraction of sp³-hybridized carbons (Fsp3) is 0.300. The SMILES string of the molecule is Cc1ccc(-c2c(Cc3ccc(OCCN4CCCCC4)cc3)c3ccc(OSOON)cc3oc2=O)cc1. The molecule has 0 atom stereocenters. The first kappa shape index (κ1) is 27.2. The van der Waals surface area contributed by atoms with Crippen molar-refractivity contribution in [3.8, 4) is 22.6 Å². The van der Waals surface area contributed by atoms with Crippen molar-refractivity contribution in [3.05, 3.63) is 93.8 Å². The molecule has 204 valence electrons. The number of benzene rings is 3. The van der Waals surface area contributed by atoms with Crippen LogP contribution in [0, 0.1) is 6.92 Å². The minimum Gasteiger partial charge on any atom is -0.492 e. The van der Waals surface area contributed by atoms with Crippen LogP contribution in [0.25, 0.3) is 22.1 Å². The molecule has 39 heavy (non-hydrogen) atoms. The highest BCUT2D eigenvalue weighted by molar-refractivity contribution is 7.90. The lowest BCUT2D eigenvalue weighted by molar-refractivity contribution is -0.199. The van der Waals surface area contributed by atoms with E-state index in [1.54, 1.807) is 12.1 Å². The molecule has 0 unspecified atom stereocenters. The van der Waals surface area contributed by atoms with Crippen molar-refractivity contribution in [1.82, 2.24) is 4.90 Å². The van der Waals surface area contributed by atoms with Gasteiger partial charge in [-0.1, -0.05) is 48.4 Å². The zero-order chi connectivity index (χ0) is 27.0. The van der Waals surface area contributed by atoms with Crippen molar-refractivity contribution in [2.45, 2.75) is 32.6 Å². The van der Waals surface area contributed by atoms with Gasteiger partial charge in [0, 0.05) is 18.0 Å². The highest BCUT2D eigenvalue weighted by atomic mass is 32.2. The summed E-state index contributed by atoms with van der Waals surface area (Å²) in [6, 6.07) is 21.3. The summed E-state index contributed by atoms with van der Waals surface area (Å²) < 4.78 is 21.6. The van der Waals surface area contributed by atoms with Gasteiger partial charge in [0.05, 0.1) is 5.56 Å². The lowest BCUT2D eigenvalue weighted by atomic mass is 9.93. The van der Waals surface area contributed by atoms with E-state index >= 15 is 0 Å². The van der Waals surface area contributed by atoms with Crippen molar-refractivity contribution in [2.75, 3.05) is 26.2 Å². The van der Waals surface area contributed by atoms with Crippen LogP contribution in [0.15, 0.2) is 75.9 Å². The summed E-state index contributed by atoms with van der Waals surface area (Å²) in [7, 11) is 0. The monoisotopic (exact) mass is 548 g/mol. The molecule has 0 bridgehead atoms. The van der Waals surface area contributed by atoms with E-state index < -0.39 is 5.63 Å². The van der Waals surface area contributed by atoms with E-state index in [2.05, 4.69) is 14.2 Å². The first-order valence-electron chi connectivity index (χ1n) is 13.1. The van der Waals surface area contributed by atoms with Crippen molar-refractivity contribution in [1.29, 1.82) is 0 Å². The Labute approximate surface area is 231 Å². The number of hydrogen-bond donors (Lipinski definition) is 1. The van der Waals surface area contributed by atoms with Gasteiger partial charge in [0.15, 0.2) is 0 Å². The Morgan fingerprint density at radius 3 is 2.44 bits per heavy atom. The minimum atomic E-state index is -0.412. The van der Waals surface area contributed by atoms with Gasteiger partial charge in [0.25, 0.3) is 12.3 Å². The Kier molecular flexibility index (Phi) is 9.18. The third-order valence-corrected chi connectivity index (χ3v) is 7.35. The minimum absolute atomic E-state index is 0.412. The lowest BCUT2D eigenvalue weighted by Crippen LogP contribution is -2.33. The molecule has 1 fully saturated rings. The molecule has 0 saturated carbocycles. The van der Waals surface area contributed by atoms with Crippen LogP contribution in [0.1, 0.15) is 36.0 Å². The number of piperidine rings is 1. The van der Waals surface area contributed by atoms with E-state index in [-0.39, 0.29) is 0 Å². The Morgan fingerprint density at radius 2 is 1.69 bits per heavy atom. The molecule has 5 rings (SSSR count). The second-order valence-electron chi connectivity index (χ2n) is 9.65. The highest BCUT2D eigenvalue weighted by Gasteiger charge is 2.18. The zero-order valence-electron chi connectivity index (χ0n) is 21.9. The number of likely N-dealkylation sites (tertiary alicyclic amines) is 1. The summed E-state index contributed by atoms with van der Waals surface area (Å²) in [4.78, 5) is 19.8. The molecule has 2 N–H and O–H groups in total. The molecule has 1 aromatic heterocycles. The highest BCUT2D eigenvalue weighted by Crippen LogP contribution is 2.32. The van der Waals surface area contributed by atoms with Crippen molar-refractivity contribution < 1.29 is 22.7 Å². The first-order valence-corrected chi connectivity index (χ1v) is 13.7. The maximum absolute atomic E-state index is 13.3. The van der Waals surface area contributed by atoms with Gasteiger partial charge in [-0.3, -0.25) is 4.90 Å². The summed E-state index contributed by atoms with van der Waals surface area (Å²) in [5.74, 6) is 6.12. The maximum atomic E-state index is 13.3. The summed E-state index contributed by atoms with van der Waals surface area (Å²) in [6.45, 7) is 5.96. The van der Waals surface area contributed by atoms with E-state index in [9.17, 15) is 4.79 Å². The van der Waals surface area contributed by atoms with Gasteiger partial charge in [-0.15, -0.1) is 9.32 Å². The molecular formula is C30H32N2O6S. The standard InChI is InChI=1S/C30H32N2O6S/c1-21-5-9-23(10-6-21)29-27(26-14-13-25(36-39-38-37-31)20-28(26)35-30(29)33)19-22-7-11-24(12-8-22)34-18-17-32-15-3-2-4-16-32/h5-14,20H,2-4,15-19,31H2,1H3. The van der Waals surface area contributed by atoms with Crippen LogP contribution in [0.2, 0.25) is 0 Å². The number of fused-ring (bicyclic) bond motifs is 1. The van der Waals surface area contributed by atoms with E-state index in [0.717, 1.165) is 53.0 Å². The van der Waals surface area contributed by atoms with Crippen LogP contribution >= 0.6 is 12.3 Å². The second kappa shape index (κ2) is 13.1. The van der Waals surface area contributed by atoms with Gasteiger partial charge in [-0.05, 0) is 80.2 Å². The number of rotatable bonds is 11. The summed E-state index contributed by atoms with van der Waals surface area (Å²) in [6.07, 6.45) is 4.42. The predicted octanol–water partition coefficient (Wildman–Crippen LogP) is 5.99. The molecule has 0 aliphatic carbocycles. The Balaban J connectivity index is 1.41. The Hall–Kier alpha value is -3.34. The lowest BCUT2D eigenvalue weighted by Gasteiger charge is -2.26. The summed E-state index contributed by atoms with van der Waals surface area (Å²) >= 11 is 0.561. The van der Waals surface area contributed by atoms with Crippen molar-refractivity contribution in [2.24, 2.45) is 5.90 Å². The van der Waals surface area contributed by atoms with Gasteiger partial charge >= 0.3 is 5.63 Å². The van der Waals surface area contributed by atoms with Gasteiger partial charge in [0.1, 0.15) is 23.7 Å². The molecule has 2 heterocycles. The van der Waals surface area contributed by atoms with Crippen LogP contribution < -0.4 is 20.4 Å². The molecule has 1 saturated heterocycles. The molecule has 3 aromatic carbocycles. The molecular weight excluding hydrogens is 516 g/mol. The third-order valence-electron chi connectivity index (χ3n) is 6.95. The normalized spacial score (nSPS) is 14.0. The molecule has 9 heteroatoms. The summed E-state index contributed by atoms with van der Waals surface area (Å²) in [5, 5.41) is 0.820. The van der Waals surface area contributed by atoms with Crippen LogP contribution in [0.3, 0.4) is 0 Å². The Morgan fingerprint density at radius 1 is 0.949 bits per heavy atom. The number of ether oxygens (including phenoxy) is 1. The number of nitrogens with two attached hydrogens (primary N) is 1. The van der Waals surface area contributed by atoms with Gasteiger partial charge in [-0.25, -0.2) is 4.79 Å². The van der Waals surface area contributed by atoms with Crippen LogP contribution in [-0.4, -0.2) is 31.1 Å². The molecule has 0 spiro atoms.